The molecule has 1 amide bonds. The number of fused-ring (bicyclic) bond motifs is 1. The SMILES string of the molecule is Cc1nc2ncnn2c(C)c1CCC(=O)N1CCN(c2cnccn2)CC1. The zero-order valence-electron chi connectivity index (χ0n) is 15.5. The van der Waals surface area contributed by atoms with Gasteiger partial charge in [0.2, 0.25) is 5.91 Å². The third kappa shape index (κ3) is 3.44. The van der Waals surface area contributed by atoms with Gasteiger partial charge < -0.3 is 9.80 Å². The molecule has 1 aliphatic rings. The Morgan fingerprint density at radius 2 is 1.93 bits per heavy atom. The summed E-state index contributed by atoms with van der Waals surface area (Å²) >= 11 is 0. The number of hydrogen-bond acceptors (Lipinski definition) is 7. The normalized spacial score (nSPS) is 14.7. The number of piperazine rings is 1. The fourth-order valence-electron chi connectivity index (χ4n) is 3.55. The minimum atomic E-state index is 0.172. The van der Waals surface area contributed by atoms with Crippen LogP contribution in [0, 0.1) is 13.8 Å². The highest BCUT2D eigenvalue weighted by Crippen LogP contribution is 2.17. The second-order valence-corrected chi connectivity index (χ2v) is 6.66. The number of nitrogens with zero attached hydrogens (tertiary/aromatic N) is 8. The molecule has 9 heteroatoms. The summed E-state index contributed by atoms with van der Waals surface area (Å²) in [5.74, 6) is 1.63. The molecule has 0 unspecified atom stereocenters. The van der Waals surface area contributed by atoms with Crippen molar-refractivity contribution in [2.45, 2.75) is 26.7 Å². The zero-order valence-corrected chi connectivity index (χ0v) is 15.5. The average molecular weight is 366 g/mol. The van der Waals surface area contributed by atoms with Crippen molar-refractivity contribution >= 4 is 17.5 Å². The van der Waals surface area contributed by atoms with Crippen LogP contribution < -0.4 is 4.90 Å². The highest BCUT2D eigenvalue weighted by Gasteiger charge is 2.22. The van der Waals surface area contributed by atoms with Crippen molar-refractivity contribution in [1.29, 1.82) is 0 Å². The first-order valence-electron chi connectivity index (χ1n) is 9.08. The van der Waals surface area contributed by atoms with Gasteiger partial charge in [0.05, 0.1) is 6.20 Å². The summed E-state index contributed by atoms with van der Waals surface area (Å²) < 4.78 is 1.73. The first-order valence-corrected chi connectivity index (χ1v) is 9.08. The van der Waals surface area contributed by atoms with Crippen molar-refractivity contribution in [1.82, 2.24) is 34.4 Å². The topological polar surface area (TPSA) is 92.4 Å². The lowest BCUT2D eigenvalue weighted by Crippen LogP contribution is -2.49. The molecule has 1 aliphatic heterocycles. The first kappa shape index (κ1) is 17.3. The molecule has 0 radical (unpaired) electrons. The number of aromatic nitrogens is 6. The zero-order chi connectivity index (χ0) is 18.8. The maximum absolute atomic E-state index is 12.7. The lowest BCUT2D eigenvalue weighted by atomic mass is 10.1. The summed E-state index contributed by atoms with van der Waals surface area (Å²) in [5, 5.41) is 4.21. The monoisotopic (exact) mass is 366 g/mol. The van der Waals surface area contributed by atoms with E-state index in [2.05, 4.69) is 29.9 Å². The van der Waals surface area contributed by atoms with E-state index in [1.165, 1.54) is 6.33 Å². The molecule has 0 N–H and O–H groups in total. The summed E-state index contributed by atoms with van der Waals surface area (Å²) in [7, 11) is 0. The summed E-state index contributed by atoms with van der Waals surface area (Å²) in [6.07, 6.45) is 7.74. The smallest absolute Gasteiger partial charge is 0.252 e. The Labute approximate surface area is 157 Å². The van der Waals surface area contributed by atoms with Crippen LogP contribution in [0.2, 0.25) is 0 Å². The molecule has 0 atom stereocenters. The predicted octanol–water partition coefficient (Wildman–Crippen LogP) is 0.813. The van der Waals surface area contributed by atoms with Gasteiger partial charge in [-0.1, -0.05) is 0 Å². The molecule has 3 aromatic heterocycles. The van der Waals surface area contributed by atoms with Crippen molar-refractivity contribution in [3.63, 3.8) is 0 Å². The van der Waals surface area contributed by atoms with Gasteiger partial charge in [-0.25, -0.2) is 14.5 Å². The Morgan fingerprint density at radius 3 is 2.67 bits per heavy atom. The number of anilines is 1. The second-order valence-electron chi connectivity index (χ2n) is 6.66. The van der Waals surface area contributed by atoms with E-state index < -0.39 is 0 Å². The summed E-state index contributed by atoms with van der Waals surface area (Å²) in [5.41, 5.74) is 2.98. The summed E-state index contributed by atoms with van der Waals surface area (Å²) in [4.78, 5) is 33.8. The van der Waals surface area contributed by atoms with Crippen LogP contribution in [-0.4, -0.2) is 66.5 Å². The summed E-state index contributed by atoms with van der Waals surface area (Å²) in [6, 6.07) is 0. The molecule has 27 heavy (non-hydrogen) atoms. The van der Waals surface area contributed by atoms with Gasteiger partial charge in [0.1, 0.15) is 12.1 Å². The minimum absolute atomic E-state index is 0.172. The first-order chi connectivity index (χ1) is 13.1. The molecular weight excluding hydrogens is 344 g/mol. The third-order valence-corrected chi connectivity index (χ3v) is 5.08. The van der Waals surface area contributed by atoms with Gasteiger partial charge in [-0.3, -0.25) is 9.78 Å². The van der Waals surface area contributed by atoms with Gasteiger partial charge in [-0.05, 0) is 25.8 Å². The highest BCUT2D eigenvalue weighted by atomic mass is 16.2. The Hall–Kier alpha value is -3.10. The third-order valence-electron chi connectivity index (χ3n) is 5.08. The fourth-order valence-corrected chi connectivity index (χ4v) is 3.55. The van der Waals surface area contributed by atoms with Crippen LogP contribution in [0.1, 0.15) is 23.4 Å². The van der Waals surface area contributed by atoms with Crippen molar-refractivity contribution in [3.8, 4) is 0 Å². The highest BCUT2D eigenvalue weighted by molar-refractivity contribution is 5.76. The van der Waals surface area contributed by atoms with E-state index in [9.17, 15) is 4.79 Å². The average Bonchev–Trinajstić information content (AvgIpc) is 3.17. The lowest BCUT2D eigenvalue weighted by molar-refractivity contribution is -0.131. The van der Waals surface area contributed by atoms with E-state index in [0.717, 1.165) is 35.9 Å². The van der Waals surface area contributed by atoms with Crippen molar-refractivity contribution in [2.75, 3.05) is 31.1 Å². The quantitative estimate of drug-likeness (QED) is 0.675. The second kappa shape index (κ2) is 7.26. The van der Waals surface area contributed by atoms with Crippen LogP contribution in [-0.2, 0) is 11.2 Å². The van der Waals surface area contributed by atoms with Gasteiger partial charge >= 0.3 is 0 Å². The minimum Gasteiger partial charge on any atom is -0.352 e. The van der Waals surface area contributed by atoms with E-state index in [1.807, 2.05) is 18.7 Å². The predicted molar refractivity (Wildman–Crippen MR) is 99.4 cm³/mol. The van der Waals surface area contributed by atoms with Gasteiger partial charge in [-0.2, -0.15) is 10.1 Å². The summed E-state index contributed by atoms with van der Waals surface area (Å²) in [6.45, 7) is 6.91. The van der Waals surface area contributed by atoms with E-state index >= 15 is 0 Å². The molecule has 0 aliphatic carbocycles. The van der Waals surface area contributed by atoms with Crippen LogP contribution in [0.4, 0.5) is 5.82 Å². The maximum atomic E-state index is 12.7. The van der Waals surface area contributed by atoms with Crippen LogP contribution in [0.5, 0.6) is 0 Å². The number of amides is 1. The van der Waals surface area contributed by atoms with Crippen LogP contribution in [0.15, 0.2) is 24.9 Å². The van der Waals surface area contributed by atoms with Crippen LogP contribution >= 0.6 is 0 Å². The standard InChI is InChI=1S/C18H22N8O/c1-13-15(14(2)26-18(23-13)21-12-22-26)3-4-17(27)25-9-7-24(8-10-25)16-11-19-5-6-20-16/h5-6,11-12H,3-4,7-10H2,1-2H3. The molecule has 9 nitrogen and oxygen atoms in total. The molecule has 1 fully saturated rings. The molecular formula is C18H22N8O. The molecule has 0 bridgehead atoms. The molecule has 0 saturated carbocycles. The Balaban J connectivity index is 1.37. The Bertz CT molecular complexity index is 947. The molecule has 4 rings (SSSR count). The largest absolute Gasteiger partial charge is 0.352 e. The van der Waals surface area contributed by atoms with Gasteiger partial charge in [-0.15, -0.1) is 0 Å². The lowest BCUT2D eigenvalue weighted by Gasteiger charge is -2.35. The van der Waals surface area contributed by atoms with Gasteiger partial charge in [0, 0.05) is 56.4 Å². The molecule has 140 valence electrons. The number of carbonyl (C=O) groups excluding carboxylic acids is 1. The Morgan fingerprint density at radius 1 is 1.11 bits per heavy atom. The van der Waals surface area contributed by atoms with Gasteiger partial charge in [0.25, 0.3) is 5.78 Å². The van der Waals surface area contributed by atoms with Crippen molar-refractivity contribution < 1.29 is 4.79 Å². The van der Waals surface area contributed by atoms with Crippen LogP contribution in [0.3, 0.4) is 0 Å². The van der Waals surface area contributed by atoms with E-state index in [0.29, 0.717) is 31.7 Å². The maximum Gasteiger partial charge on any atom is 0.252 e. The van der Waals surface area contributed by atoms with Gasteiger partial charge in [0.15, 0.2) is 0 Å². The molecule has 4 heterocycles. The number of carbonyl (C=O) groups is 1. The number of hydrogen-bond donors (Lipinski definition) is 0. The van der Waals surface area contributed by atoms with E-state index in [-0.39, 0.29) is 5.91 Å². The van der Waals surface area contributed by atoms with Crippen molar-refractivity contribution in [2.24, 2.45) is 0 Å². The van der Waals surface area contributed by atoms with E-state index in [1.54, 1.807) is 23.1 Å². The molecule has 3 aromatic rings. The van der Waals surface area contributed by atoms with Crippen LogP contribution in [0.25, 0.3) is 5.78 Å². The number of aryl methyl sites for hydroxylation is 2. The number of rotatable bonds is 4. The fraction of sp³-hybridized carbons (Fsp3) is 0.444. The van der Waals surface area contributed by atoms with E-state index in [4.69, 9.17) is 0 Å². The Kier molecular flexibility index (Phi) is 4.66. The molecule has 1 saturated heterocycles. The van der Waals surface area contributed by atoms with Crippen molar-refractivity contribution in [3.05, 3.63) is 41.9 Å². The molecule has 0 spiro atoms. The molecule has 0 aromatic carbocycles.